The van der Waals surface area contributed by atoms with E-state index < -0.39 is 17.5 Å². The third-order valence-corrected chi connectivity index (χ3v) is 2.78. The second-order valence-corrected chi connectivity index (χ2v) is 4.37. The molecule has 7 heteroatoms. The summed E-state index contributed by atoms with van der Waals surface area (Å²) in [5.74, 6) is 0.0300. The highest BCUT2D eigenvalue weighted by Crippen LogP contribution is 2.27. The zero-order valence-corrected chi connectivity index (χ0v) is 12.4. The summed E-state index contributed by atoms with van der Waals surface area (Å²) in [5.41, 5.74) is -0.213. The smallest absolute Gasteiger partial charge is 0.349 e. The van der Waals surface area contributed by atoms with E-state index in [1.54, 1.807) is 30.3 Å². The van der Waals surface area contributed by atoms with Gasteiger partial charge in [-0.15, -0.1) is 0 Å². The summed E-state index contributed by atoms with van der Waals surface area (Å²) < 4.78 is 15.7. The molecule has 0 radical (unpaired) electrons. The topological polar surface area (TPSA) is 87.9 Å². The van der Waals surface area contributed by atoms with Crippen LogP contribution in [-0.2, 0) is 4.79 Å². The Bertz CT molecular complexity index is 700. The van der Waals surface area contributed by atoms with Gasteiger partial charge in [-0.05, 0) is 25.1 Å². The predicted octanol–water partition coefficient (Wildman–Crippen LogP) is 2.98. The number of esters is 1. The number of hydrogen-bond donors (Lipinski definition) is 0. The summed E-state index contributed by atoms with van der Waals surface area (Å²) in [6.45, 7) is 1.79. The minimum Gasteiger partial charge on any atom is -0.490 e. The lowest BCUT2D eigenvalue weighted by Gasteiger charge is -2.10. The van der Waals surface area contributed by atoms with Gasteiger partial charge >= 0.3 is 11.7 Å². The van der Waals surface area contributed by atoms with Crippen molar-refractivity contribution in [3.8, 4) is 17.2 Å². The first kappa shape index (κ1) is 16.3. The summed E-state index contributed by atoms with van der Waals surface area (Å²) in [4.78, 5) is 22.1. The molecule has 120 valence electrons. The number of nitro benzene ring substituents is 1. The maximum atomic E-state index is 11.9. The number of para-hydroxylation sites is 4. The first-order chi connectivity index (χ1) is 11.1. The van der Waals surface area contributed by atoms with Crippen molar-refractivity contribution in [2.24, 2.45) is 0 Å². The molecule has 0 heterocycles. The molecule has 0 unspecified atom stereocenters. The molecule has 0 spiro atoms. The highest BCUT2D eigenvalue weighted by molar-refractivity contribution is 5.75. The van der Waals surface area contributed by atoms with Crippen LogP contribution in [0.1, 0.15) is 6.92 Å². The van der Waals surface area contributed by atoms with Crippen molar-refractivity contribution in [3.05, 3.63) is 58.6 Å². The average molecular weight is 317 g/mol. The molecule has 2 rings (SSSR count). The first-order valence-corrected chi connectivity index (χ1v) is 6.90. The standard InChI is InChI=1S/C16H15NO6/c1-2-21-14-9-5-6-10-15(14)23-16(18)11-22-13-8-4-3-7-12(13)17(19)20/h3-10H,2,11H2,1H3. The lowest BCUT2D eigenvalue weighted by atomic mass is 10.3. The number of nitrogens with zero attached hydrogens (tertiary/aromatic N) is 1. The Morgan fingerprint density at radius 1 is 1.00 bits per heavy atom. The predicted molar refractivity (Wildman–Crippen MR) is 81.8 cm³/mol. The Morgan fingerprint density at radius 3 is 2.26 bits per heavy atom. The van der Waals surface area contributed by atoms with Gasteiger partial charge in [-0.25, -0.2) is 4.79 Å². The molecule has 7 nitrogen and oxygen atoms in total. The van der Waals surface area contributed by atoms with Gasteiger partial charge < -0.3 is 14.2 Å². The number of rotatable bonds is 7. The lowest BCUT2D eigenvalue weighted by molar-refractivity contribution is -0.385. The minimum atomic E-state index is -0.685. The van der Waals surface area contributed by atoms with E-state index in [9.17, 15) is 14.9 Å². The summed E-state index contributed by atoms with van der Waals surface area (Å²) in [6, 6.07) is 12.5. The van der Waals surface area contributed by atoms with E-state index in [1.807, 2.05) is 6.92 Å². The molecule has 0 N–H and O–H groups in total. The third kappa shape index (κ3) is 4.44. The molecule has 2 aromatic carbocycles. The molecule has 0 saturated heterocycles. The molecule has 2 aromatic rings. The SMILES string of the molecule is CCOc1ccccc1OC(=O)COc1ccccc1[N+](=O)[O-]. The van der Waals surface area contributed by atoms with Crippen LogP contribution in [-0.4, -0.2) is 24.1 Å². The molecule has 0 saturated carbocycles. The minimum absolute atomic E-state index is 0.00698. The lowest BCUT2D eigenvalue weighted by Crippen LogP contribution is -2.18. The van der Waals surface area contributed by atoms with Crippen molar-refractivity contribution in [1.82, 2.24) is 0 Å². The Morgan fingerprint density at radius 2 is 1.61 bits per heavy atom. The van der Waals surface area contributed by atoms with E-state index in [2.05, 4.69) is 0 Å². The zero-order valence-electron chi connectivity index (χ0n) is 12.4. The molecule has 0 amide bonds. The van der Waals surface area contributed by atoms with Crippen LogP contribution >= 0.6 is 0 Å². The van der Waals surface area contributed by atoms with Gasteiger partial charge in [0.05, 0.1) is 11.5 Å². The van der Waals surface area contributed by atoms with Crippen molar-refractivity contribution in [1.29, 1.82) is 0 Å². The fraction of sp³-hybridized carbons (Fsp3) is 0.188. The molecule has 23 heavy (non-hydrogen) atoms. The number of carbonyl (C=O) groups is 1. The molecule has 0 bridgehead atoms. The third-order valence-electron chi connectivity index (χ3n) is 2.78. The second-order valence-electron chi connectivity index (χ2n) is 4.37. The fourth-order valence-corrected chi connectivity index (χ4v) is 1.83. The summed E-state index contributed by atoms with van der Waals surface area (Å²) in [5, 5.41) is 10.9. The fourth-order valence-electron chi connectivity index (χ4n) is 1.83. The van der Waals surface area contributed by atoms with Gasteiger partial charge in [0.15, 0.2) is 23.9 Å². The Balaban J connectivity index is 2.00. The summed E-state index contributed by atoms with van der Waals surface area (Å²) in [7, 11) is 0. The van der Waals surface area contributed by atoms with Gasteiger partial charge in [0.25, 0.3) is 0 Å². The Hall–Kier alpha value is -3.09. The van der Waals surface area contributed by atoms with Crippen LogP contribution in [0.5, 0.6) is 17.2 Å². The molecule has 0 aliphatic carbocycles. The Labute approximate surface area is 132 Å². The Kier molecular flexibility index (Phi) is 5.51. The zero-order chi connectivity index (χ0) is 16.7. The van der Waals surface area contributed by atoms with Crippen LogP contribution in [0.25, 0.3) is 0 Å². The second kappa shape index (κ2) is 7.79. The first-order valence-electron chi connectivity index (χ1n) is 6.90. The molecular formula is C16H15NO6. The van der Waals surface area contributed by atoms with Gasteiger partial charge in [-0.3, -0.25) is 10.1 Å². The highest BCUT2D eigenvalue weighted by Gasteiger charge is 2.16. The van der Waals surface area contributed by atoms with Gasteiger partial charge in [0, 0.05) is 6.07 Å². The highest BCUT2D eigenvalue weighted by atomic mass is 16.6. The van der Waals surface area contributed by atoms with Crippen LogP contribution in [0, 0.1) is 10.1 Å². The van der Waals surface area contributed by atoms with E-state index in [0.717, 1.165) is 0 Å². The van der Waals surface area contributed by atoms with Crippen molar-refractivity contribution in [2.45, 2.75) is 6.92 Å². The monoisotopic (exact) mass is 317 g/mol. The number of carbonyl (C=O) groups excluding carboxylic acids is 1. The van der Waals surface area contributed by atoms with E-state index in [0.29, 0.717) is 12.4 Å². The van der Waals surface area contributed by atoms with Crippen LogP contribution in [0.3, 0.4) is 0 Å². The van der Waals surface area contributed by atoms with Crippen LogP contribution < -0.4 is 14.2 Å². The van der Waals surface area contributed by atoms with E-state index in [4.69, 9.17) is 14.2 Å². The van der Waals surface area contributed by atoms with E-state index in [-0.39, 0.29) is 17.2 Å². The summed E-state index contributed by atoms with van der Waals surface area (Å²) >= 11 is 0. The molecule has 0 aromatic heterocycles. The quantitative estimate of drug-likeness (QED) is 0.337. The largest absolute Gasteiger partial charge is 0.490 e. The summed E-state index contributed by atoms with van der Waals surface area (Å²) in [6.07, 6.45) is 0. The average Bonchev–Trinajstić information content (AvgIpc) is 2.55. The van der Waals surface area contributed by atoms with Gasteiger partial charge in [0.2, 0.25) is 0 Å². The molecule has 0 aliphatic rings. The van der Waals surface area contributed by atoms with Crippen molar-refractivity contribution >= 4 is 11.7 Å². The maximum absolute atomic E-state index is 11.9. The van der Waals surface area contributed by atoms with Crippen molar-refractivity contribution in [2.75, 3.05) is 13.2 Å². The van der Waals surface area contributed by atoms with Crippen LogP contribution in [0.2, 0.25) is 0 Å². The number of hydrogen-bond acceptors (Lipinski definition) is 6. The number of ether oxygens (including phenoxy) is 3. The molecular weight excluding hydrogens is 302 g/mol. The van der Waals surface area contributed by atoms with Crippen molar-refractivity contribution < 1.29 is 23.9 Å². The molecule has 0 fully saturated rings. The maximum Gasteiger partial charge on any atom is 0.349 e. The molecule has 0 atom stereocenters. The van der Waals surface area contributed by atoms with E-state index in [1.165, 1.54) is 18.2 Å². The van der Waals surface area contributed by atoms with Crippen LogP contribution in [0.15, 0.2) is 48.5 Å². The number of nitro groups is 1. The van der Waals surface area contributed by atoms with Crippen LogP contribution in [0.4, 0.5) is 5.69 Å². The normalized spacial score (nSPS) is 9.96. The van der Waals surface area contributed by atoms with Crippen molar-refractivity contribution in [3.63, 3.8) is 0 Å². The number of benzene rings is 2. The van der Waals surface area contributed by atoms with E-state index >= 15 is 0 Å². The van der Waals surface area contributed by atoms with Gasteiger partial charge in [-0.1, -0.05) is 24.3 Å². The molecule has 0 aliphatic heterocycles. The van der Waals surface area contributed by atoms with Gasteiger partial charge in [0.1, 0.15) is 0 Å². The van der Waals surface area contributed by atoms with Gasteiger partial charge in [-0.2, -0.15) is 0 Å².